The Kier molecular flexibility index (Phi) is 5.41. The molecular formula is C24H15Cl2FN2O4. The van der Waals surface area contributed by atoms with Crippen molar-refractivity contribution >= 4 is 23.2 Å². The van der Waals surface area contributed by atoms with Crippen molar-refractivity contribution < 1.29 is 23.3 Å². The SMILES string of the molecule is N#CC1=C(N)Oc2cc3c(cc2[C@@H]1c1cc(Cl)c(OCc2ccc(F)cc2)c(Cl)c1)OCO3. The number of nitrogens with two attached hydrogens (primary N) is 1. The summed E-state index contributed by atoms with van der Waals surface area (Å²) < 4.78 is 35.5. The Bertz CT molecular complexity index is 1310. The maximum atomic E-state index is 13.1. The molecule has 5 rings (SSSR count). The van der Waals surface area contributed by atoms with E-state index in [1.165, 1.54) is 12.1 Å². The van der Waals surface area contributed by atoms with Crippen molar-refractivity contribution in [2.24, 2.45) is 5.73 Å². The van der Waals surface area contributed by atoms with E-state index in [-0.39, 0.29) is 46.5 Å². The van der Waals surface area contributed by atoms with Crippen LogP contribution in [-0.2, 0) is 6.61 Å². The maximum Gasteiger partial charge on any atom is 0.231 e. The third-order valence-electron chi connectivity index (χ3n) is 5.36. The first-order valence-corrected chi connectivity index (χ1v) is 10.6. The van der Waals surface area contributed by atoms with Gasteiger partial charge in [0.2, 0.25) is 12.7 Å². The van der Waals surface area contributed by atoms with Crippen molar-refractivity contribution in [3.05, 3.63) is 92.5 Å². The normalized spacial score (nSPS) is 16.1. The third-order valence-corrected chi connectivity index (χ3v) is 5.92. The number of nitrogens with zero attached hydrogens (tertiary/aromatic N) is 1. The van der Waals surface area contributed by atoms with Gasteiger partial charge in [-0.2, -0.15) is 5.26 Å². The van der Waals surface area contributed by atoms with E-state index in [0.29, 0.717) is 28.4 Å². The average Bonchev–Trinajstić information content (AvgIpc) is 3.24. The zero-order valence-electron chi connectivity index (χ0n) is 16.9. The lowest BCUT2D eigenvalue weighted by Gasteiger charge is -2.27. The summed E-state index contributed by atoms with van der Waals surface area (Å²) in [6.45, 7) is 0.244. The van der Waals surface area contributed by atoms with E-state index in [2.05, 4.69) is 6.07 Å². The fourth-order valence-corrected chi connectivity index (χ4v) is 4.42. The first-order valence-electron chi connectivity index (χ1n) is 9.82. The summed E-state index contributed by atoms with van der Waals surface area (Å²) in [6, 6.07) is 14.8. The molecule has 9 heteroatoms. The second-order valence-corrected chi connectivity index (χ2v) is 8.21. The van der Waals surface area contributed by atoms with Crippen LogP contribution in [0.15, 0.2) is 60.0 Å². The van der Waals surface area contributed by atoms with Gasteiger partial charge in [-0.15, -0.1) is 0 Å². The molecule has 2 aliphatic heterocycles. The Labute approximate surface area is 198 Å². The Morgan fingerprint density at radius 3 is 2.36 bits per heavy atom. The molecule has 2 aliphatic rings. The Hall–Kier alpha value is -3.60. The van der Waals surface area contributed by atoms with Gasteiger partial charge in [0.25, 0.3) is 0 Å². The molecule has 3 aromatic carbocycles. The van der Waals surface area contributed by atoms with Crippen LogP contribution in [0.1, 0.15) is 22.6 Å². The predicted molar refractivity (Wildman–Crippen MR) is 119 cm³/mol. The summed E-state index contributed by atoms with van der Waals surface area (Å²) in [5.74, 6) is 0.855. The number of halogens is 3. The molecule has 2 heterocycles. The van der Waals surface area contributed by atoms with E-state index in [1.807, 2.05) is 0 Å². The lowest BCUT2D eigenvalue weighted by Crippen LogP contribution is -2.21. The first kappa shape index (κ1) is 21.3. The summed E-state index contributed by atoms with van der Waals surface area (Å²) in [4.78, 5) is 0. The molecule has 0 saturated carbocycles. The summed E-state index contributed by atoms with van der Waals surface area (Å²) in [7, 11) is 0. The number of rotatable bonds is 4. The van der Waals surface area contributed by atoms with Gasteiger partial charge in [-0.3, -0.25) is 0 Å². The van der Waals surface area contributed by atoms with Crippen LogP contribution in [-0.4, -0.2) is 6.79 Å². The van der Waals surface area contributed by atoms with Crippen molar-refractivity contribution in [2.45, 2.75) is 12.5 Å². The van der Waals surface area contributed by atoms with Gasteiger partial charge in [0, 0.05) is 11.6 Å². The smallest absolute Gasteiger partial charge is 0.231 e. The summed E-state index contributed by atoms with van der Waals surface area (Å²) in [5, 5.41) is 10.3. The van der Waals surface area contributed by atoms with Crippen LogP contribution in [0.4, 0.5) is 4.39 Å². The molecule has 0 aromatic heterocycles. The van der Waals surface area contributed by atoms with E-state index in [1.54, 1.807) is 36.4 Å². The van der Waals surface area contributed by atoms with Crippen molar-refractivity contribution in [2.75, 3.05) is 6.79 Å². The average molecular weight is 485 g/mol. The molecule has 0 bridgehead atoms. The first-order chi connectivity index (χ1) is 15.9. The number of ether oxygens (including phenoxy) is 4. The lowest BCUT2D eigenvalue weighted by atomic mass is 9.83. The summed E-state index contributed by atoms with van der Waals surface area (Å²) >= 11 is 13.0. The van der Waals surface area contributed by atoms with Crippen LogP contribution in [0.25, 0.3) is 0 Å². The minimum Gasteiger partial charge on any atom is -0.486 e. The highest BCUT2D eigenvalue weighted by Crippen LogP contribution is 2.49. The molecule has 1 atom stereocenters. The predicted octanol–water partition coefficient (Wildman–Crippen LogP) is 5.66. The molecule has 0 unspecified atom stereocenters. The van der Waals surface area contributed by atoms with Crippen molar-refractivity contribution in [1.29, 1.82) is 5.26 Å². The molecule has 0 aliphatic carbocycles. The zero-order valence-corrected chi connectivity index (χ0v) is 18.4. The Morgan fingerprint density at radius 2 is 1.70 bits per heavy atom. The monoisotopic (exact) mass is 484 g/mol. The van der Waals surface area contributed by atoms with E-state index >= 15 is 0 Å². The number of allylic oxidation sites excluding steroid dienone is 1. The summed E-state index contributed by atoms with van der Waals surface area (Å²) in [6.07, 6.45) is 0. The van der Waals surface area contributed by atoms with Gasteiger partial charge in [0.15, 0.2) is 17.2 Å². The highest BCUT2D eigenvalue weighted by atomic mass is 35.5. The van der Waals surface area contributed by atoms with Gasteiger partial charge in [-0.05, 0) is 41.5 Å². The van der Waals surface area contributed by atoms with Gasteiger partial charge in [0.1, 0.15) is 29.8 Å². The largest absolute Gasteiger partial charge is 0.486 e. The molecule has 3 aromatic rings. The van der Waals surface area contributed by atoms with Gasteiger partial charge >= 0.3 is 0 Å². The lowest BCUT2D eigenvalue weighted by molar-refractivity contribution is 0.174. The summed E-state index contributed by atoms with van der Waals surface area (Å²) in [5.41, 5.74) is 8.31. The molecule has 33 heavy (non-hydrogen) atoms. The number of benzene rings is 3. The van der Waals surface area contributed by atoms with Crippen LogP contribution in [0.3, 0.4) is 0 Å². The zero-order chi connectivity index (χ0) is 23.1. The molecular weight excluding hydrogens is 470 g/mol. The van der Waals surface area contributed by atoms with Crippen LogP contribution < -0.4 is 24.7 Å². The van der Waals surface area contributed by atoms with Crippen molar-refractivity contribution in [3.8, 4) is 29.1 Å². The fraction of sp³-hybridized carbons (Fsp3) is 0.125. The Balaban J connectivity index is 1.52. The fourth-order valence-electron chi connectivity index (χ4n) is 3.81. The highest BCUT2D eigenvalue weighted by molar-refractivity contribution is 6.37. The molecule has 0 fully saturated rings. The second-order valence-electron chi connectivity index (χ2n) is 7.40. The van der Waals surface area contributed by atoms with E-state index in [9.17, 15) is 9.65 Å². The number of nitriles is 1. The van der Waals surface area contributed by atoms with Gasteiger partial charge in [-0.1, -0.05) is 35.3 Å². The number of hydrogen-bond donors (Lipinski definition) is 1. The van der Waals surface area contributed by atoms with E-state index in [0.717, 1.165) is 5.56 Å². The van der Waals surface area contributed by atoms with Crippen LogP contribution >= 0.6 is 23.2 Å². The standard InChI is InChI=1S/C24H15Cl2FN2O4/c25-17-5-13(6-18(26)23(17)30-10-12-1-3-14(27)4-2-12)22-15-7-20-21(32-11-31-20)8-19(15)33-24(29)16(22)9-28/h1-8,22H,10-11,29H2/t22-/m0/s1. The molecule has 6 nitrogen and oxygen atoms in total. The van der Waals surface area contributed by atoms with E-state index in [4.69, 9.17) is 47.9 Å². The number of fused-ring (bicyclic) bond motifs is 2. The molecule has 0 amide bonds. The molecule has 166 valence electrons. The van der Waals surface area contributed by atoms with Crippen molar-refractivity contribution in [3.63, 3.8) is 0 Å². The van der Waals surface area contributed by atoms with Crippen LogP contribution in [0.2, 0.25) is 10.0 Å². The maximum absolute atomic E-state index is 13.1. The van der Waals surface area contributed by atoms with Crippen LogP contribution in [0.5, 0.6) is 23.0 Å². The molecule has 0 radical (unpaired) electrons. The minimum absolute atomic E-state index is 0.0160. The number of hydrogen-bond acceptors (Lipinski definition) is 6. The minimum atomic E-state index is -0.589. The van der Waals surface area contributed by atoms with Gasteiger partial charge in [0.05, 0.1) is 16.0 Å². The van der Waals surface area contributed by atoms with Crippen LogP contribution in [0, 0.1) is 17.1 Å². The molecule has 0 saturated heterocycles. The van der Waals surface area contributed by atoms with E-state index < -0.39 is 5.92 Å². The quantitative estimate of drug-likeness (QED) is 0.514. The third kappa shape index (κ3) is 3.88. The topological polar surface area (TPSA) is 86.7 Å². The molecule has 2 N–H and O–H groups in total. The van der Waals surface area contributed by atoms with Gasteiger partial charge < -0.3 is 24.7 Å². The highest BCUT2D eigenvalue weighted by Gasteiger charge is 2.34. The van der Waals surface area contributed by atoms with Crippen molar-refractivity contribution in [1.82, 2.24) is 0 Å². The second kappa shape index (κ2) is 8.39. The Morgan fingerprint density at radius 1 is 1.03 bits per heavy atom. The molecule has 0 spiro atoms. The van der Waals surface area contributed by atoms with Gasteiger partial charge in [-0.25, -0.2) is 4.39 Å².